The summed E-state index contributed by atoms with van der Waals surface area (Å²) in [5.74, 6) is -2.36. The number of hydrogen-bond acceptors (Lipinski definition) is 9. The summed E-state index contributed by atoms with van der Waals surface area (Å²) in [4.78, 5) is 46.3. The number of ether oxygens (including phenoxy) is 2. The van der Waals surface area contributed by atoms with E-state index >= 15 is 0 Å². The molecule has 0 aliphatic rings. The number of carbonyl (C=O) groups excluding carboxylic acids is 2. The molecule has 0 spiro atoms. The van der Waals surface area contributed by atoms with Crippen LogP contribution in [0.25, 0.3) is 0 Å². The molecular weight excluding hydrogens is 854 g/mol. The van der Waals surface area contributed by atoms with E-state index in [9.17, 15) is 23.8 Å². The maximum atomic E-state index is 12.7. The third kappa shape index (κ3) is 48.4. The van der Waals surface area contributed by atoms with E-state index < -0.39 is 51.1 Å². The van der Waals surface area contributed by atoms with E-state index in [1.165, 1.54) is 193 Å². The first kappa shape index (κ1) is 64.0. The van der Waals surface area contributed by atoms with E-state index in [0.717, 1.165) is 38.5 Å². The van der Waals surface area contributed by atoms with Gasteiger partial charge in [-0.05, 0) is 64.2 Å². The van der Waals surface area contributed by atoms with Gasteiger partial charge in [0.2, 0.25) is 0 Å². The quantitative estimate of drug-likeness (QED) is 0.0229. The average molecular weight is 956 g/mol. The third-order valence-electron chi connectivity index (χ3n) is 12.2. The second-order valence-electron chi connectivity index (χ2n) is 18.7. The number of phosphoric acid groups is 1. The molecule has 0 saturated carbocycles. The molecule has 4 N–H and O–H groups in total. The lowest BCUT2D eigenvalue weighted by molar-refractivity contribution is -0.161. The van der Waals surface area contributed by atoms with Gasteiger partial charge in [0.1, 0.15) is 12.6 Å². The first-order chi connectivity index (χ1) is 32.1. The smallest absolute Gasteiger partial charge is 0.472 e. The van der Waals surface area contributed by atoms with Crippen LogP contribution in [0.1, 0.15) is 271 Å². The van der Waals surface area contributed by atoms with Crippen LogP contribution >= 0.6 is 7.82 Å². The summed E-state index contributed by atoms with van der Waals surface area (Å²) in [6.45, 7) is 2.85. The Balaban J connectivity index is 4.18. The zero-order valence-electron chi connectivity index (χ0n) is 42.6. The van der Waals surface area contributed by atoms with E-state index in [2.05, 4.69) is 38.2 Å². The standard InChI is InChI=1S/C54H102NO10P/c1-3-5-7-9-11-13-15-17-19-21-23-24-25-26-28-30-32-34-36-38-40-42-44-46-53(57)65-50(48-63-66(60,61)64-49-51(55)54(58)59)47-62-52(56)45-43-41-39-37-35-33-31-29-27-22-20-18-16-14-12-10-8-6-4-2/h18,20-21,23,50-51H,3-17,19,22,24-49,55H2,1-2H3,(H,58,59)(H,60,61)/b20-18-,23-21-. The average Bonchev–Trinajstić information content (AvgIpc) is 3.30. The van der Waals surface area contributed by atoms with Crippen molar-refractivity contribution in [2.45, 2.75) is 283 Å². The number of carboxylic acids is 1. The van der Waals surface area contributed by atoms with Gasteiger partial charge in [-0.2, -0.15) is 0 Å². The number of unbranched alkanes of at least 4 members (excludes halogenated alkanes) is 34. The van der Waals surface area contributed by atoms with Crippen molar-refractivity contribution >= 4 is 25.7 Å². The number of rotatable bonds is 52. The molecule has 0 aromatic rings. The highest BCUT2D eigenvalue weighted by molar-refractivity contribution is 7.47. The van der Waals surface area contributed by atoms with E-state index in [0.29, 0.717) is 12.8 Å². The lowest BCUT2D eigenvalue weighted by Gasteiger charge is -2.20. The normalized spacial score (nSPS) is 13.6. The van der Waals surface area contributed by atoms with Gasteiger partial charge in [0, 0.05) is 12.8 Å². The Hall–Kier alpha value is -2.04. The van der Waals surface area contributed by atoms with Crippen LogP contribution in [0.15, 0.2) is 24.3 Å². The molecule has 0 radical (unpaired) electrons. The maximum absolute atomic E-state index is 12.7. The topological polar surface area (TPSA) is 172 Å². The van der Waals surface area contributed by atoms with E-state index in [1.54, 1.807) is 0 Å². The predicted octanol–water partition coefficient (Wildman–Crippen LogP) is 15.7. The number of carboxylic acid groups (broad SMARTS) is 1. The molecule has 0 aromatic carbocycles. The van der Waals surface area contributed by atoms with Crippen molar-refractivity contribution in [2.24, 2.45) is 5.73 Å². The lowest BCUT2D eigenvalue weighted by Crippen LogP contribution is -2.34. The summed E-state index contributed by atoms with van der Waals surface area (Å²) in [7, 11) is -4.72. The number of allylic oxidation sites excluding steroid dienone is 4. The minimum atomic E-state index is -4.72. The van der Waals surface area contributed by atoms with Crippen molar-refractivity contribution < 1.29 is 47.5 Å². The fraction of sp³-hybridized carbons (Fsp3) is 0.870. The number of nitrogens with two attached hydrogens (primary N) is 1. The van der Waals surface area contributed by atoms with Gasteiger partial charge >= 0.3 is 25.7 Å². The Morgan fingerprint density at radius 1 is 0.455 bits per heavy atom. The molecule has 388 valence electrons. The largest absolute Gasteiger partial charge is 0.480 e. The number of phosphoric ester groups is 1. The molecular formula is C54H102NO10P. The van der Waals surface area contributed by atoms with E-state index in [1.807, 2.05) is 0 Å². The van der Waals surface area contributed by atoms with Crippen molar-refractivity contribution in [3.05, 3.63) is 24.3 Å². The highest BCUT2D eigenvalue weighted by atomic mass is 31.2. The summed E-state index contributed by atoms with van der Waals surface area (Å²) in [5.41, 5.74) is 5.36. The van der Waals surface area contributed by atoms with Gasteiger partial charge in [-0.1, -0.05) is 218 Å². The second kappa shape index (κ2) is 49.4. The molecule has 0 heterocycles. The summed E-state index contributed by atoms with van der Waals surface area (Å²) < 4.78 is 32.9. The van der Waals surface area contributed by atoms with Gasteiger partial charge < -0.3 is 25.2 Å². The van der Waals surface area contributed by atoms with Crippen LogP contribution in [0.3, 0.4) is 0 Å². The van der Waals surface area contributed by atoms with E-state index in [4.69, 9.17) is 29.4 Å². The van der Waals surface area contributed by atoms with Gasteiger partial charge in [0.15, 0.2) is 6.10 Å². The molecule has 0 aromatic heterocycles. The number of carbonyl (C=O) groups is 3. The van der Waals surface area contributed by atoms with Crippen LogP contribution in [0, 0.1) is 0 Å². The molecule has 12 heteroatoms. The minimum Gasteiger partial charge on any atom is -0.480 e. The molecule has 66 heavy (non-hydrogen) atoms. The van der Waals surface area contributed by atoms with Crippen LogP contribution in [-0.4, -0.2) is 59.9 Å². The fourth-order valence-corrected chi connectivity index (χ4v) is 8.66. The van der Waals surface area contributed by atoms with Crippen molar-refractivity contribution in [1.29, 1.82) is 0 Å². The maximum Gasteiger partial charge on any atom is 0.472 e. The van der Waals surface area contributed by atoms with Crippen LogP contribution < -0.4 is 5.73 Å². The summed E-state index contributed by atoms with van der Waals surface area (Å²) in [6, 6.07) is -1.52. The minimum absolute atomic E-state index is 0.163. The van der Waals surface area contributed by atoms with Crippen molar-refractivity contribution in [2.75, 3.05) is 19.8 Å². The van der Waals surface area contributed by atoms with Gasteiger partial charge in [0.05, 0.1) is 13.2 Å². The van der Waals surface area contributed by atoms with E-state index in [-0.39, 0.29) is 19.4 Å². The van der Waals surface area contributed by atoms with Crippen molar-refractivity contribution in [3.8, 4) is 0 Å². The highest BCUT2D eigenvalue weighted by Crippen LogP contribution is 2.43. The zero-order chi connectivity index (χ0) is 48.4. The summed E-state index contributed by atoms with van der Waals surface area (Å²) in [5, 5.41) is 8.93. The molecule has 0 amide bonds. The first-order valence-corrected chi connectivity index (χ1v) is 28.9. The molecule has 0 aliphatic heterocycles. The third-order valence-corrected chi connectivity index (χ3v) is 13.1. The SMILES string of the molecule is CCCCCCCC/C=C\CCCCCCCCCCCC(=O)OCC(COP(=O)(O)OCC(N)C(=O)O)OC(=O)CCCCCCCCCCCCC/C=C\CCCCCCCCCC. The number of aliphatic carboxylic acids is 1. The van der Waals surface area contributed by atoms with Crippen molar-refractivity contribution in [1.82, 2.24) is 0 Å². The molecule has 3 atom stereocenters. The molecule has 11 nitrogen and oxygen atoms in total. The zero-order valence-corrected chi connectivity index (χ0v) is 43.4. The molecule has 0 aliphatic carbocycles. The number of hydrogen-bond donors (Lipinski definition) is 3. The van der Waals surface area contributed by atoms with Crippen LogP contribution in [0.2, 0.25) is 0 Å². The molecule has 0 fully saturated rings. The molecule has 3 unspecified atom stereocenters. The van der Waals surface area contributed by atoms with Crippen LogP contribution in [0.5, 0.6) is 0 Å². The fourth-order valence-electron chi connectivity index (χ4n) is 7.88. The summed E-state index contributed by atoms with van der Waals surface area (Å²) >= 11 is 0. The van der Waals surface area contributed by atoms with Crippen molar-refractivity contribution in [3.63, 3.8) is 0 Å². The Bertz CT molecular complexity index is 1210. The lowest BCUT2D eigenvalue weighted by atomic mass is 10.0. The Morgan fingerprint density at radius 2 is 0.758 bits per heavy atom. The Kier molecular flexibility index (Phi) is 47.9. The second-order valence-corrected chi connectivity index (χ2v) is 20.2. The first-order valence-electron chi connectivity index (χ1n) is 27.4. The van der Waals surface area contributed by atoms with Gasteiger partial charge in [-0.15, -0.1) is 0 Å². The molecule has 0 rings (SSSR count). The Labute approximate surface area is 404 Å². The Morgan fingerprint density at radius 3 is 1.11 bits per heavy atom. The van der Waals surface area contributed by atoms with Gasteiger partial charge in [-0.3, -0.25) is 23.4 Å². The molecule has 0 bridgehead atoms. The monoisotopic (exact) mass is 956 g/mol. The van der Waals surface area contributed by atoms with Gasteiger partial charge in [0.25, 0.3) is 0 Å². The summed E-state index contributed by atoms with van der Waals surface area (Å²) in [6.07, 6.45) is 55.3. The van der Waals surface area contributed by atoms with Gasteiger partial charge in [-0.25, -0.2) is 4.57 Å². The highest BCUT2D eigenvalue weighted by Gasteiger charge is 2.28. The van der Waals surface area contributed by atoms with Crippen LogP contribution in [-0.2, 0) is 37.5 Å². The van der Waals surface area contributed by atoms with Crippen LogP contribution in [0.4, 0.5) is 0 Å². The predicted molar refractivity (Wildman–Crippen MR) is 272 cm³/mol. The number of esters is 2. The molecule has 0 saturated heterocycles.